The van der Waals surface area contributed by atoms with Crippen LogP contribution in [0.25, 0.3) is 0 Å². The predicted molar refractivity (Wildman–Crippen MR) is 147 cm³/mol. The van der Waals surface area contributed by atoms with Gasteiger partial charge in [0.15, 0.2) is 0 Å². The third-order valence-corrected chi connectivity index (χ3v) is 8.18. The molecule has 0 bridgehead atoms. The SMILES string of the molecule is O=C(Nc1ccccc1C(=O)N1CCCCCC1)c1ccc([C@H]2SCC(=O)N2Cc2ccccc2)cc1. The second-order valence-electron chi connectivity index (χ2n) is 9.50. The van der Waals surface area contributed by atoms with E-state index in [0.717, 1.165) is 49.9 Å². The molecule has 3 aromatic rings. The predicted octanol–water partition coefficient (Wildman–Crippen LogP) is 5.73. The summed E-state index contributed by atoms with van der Waals surface area (Å²) in [5.74, 6) is 0.265. The fourth-order valence-electron chi connectivity index (χ4n) is 4.90. The van der Waals surface area contributed by atoms with E-state index in [-0.39, 0.29) is 23.1 Å². The average molecular weight is 514 g/mol. The minimum atomic E-state index is -0.265. The van der Waals surface area contributed by atoms with E-state index in [4.69, 9.17) is 0 Å². The van der Waals surface area contributed by atoms with Crippen molar-refractivity contribution in [1.82, 2.24) is 9.80 Å². The number of nitrogens with zero attached hydrogens (tertiary/aromatic N) is 2. The summed E-state index contributed by atoms with van der Waals surface area (Å²) >= 11 is 1.60. The fourth-order valence-corrected chi connectivity index (χ4v) is 6.09. The van der Waals surface area contributed by atoms with Crippen LogP contribution in [0.4, 0.5) is 5.69 Å². The Balaban J connectivity index is 1.28. The van der Waals surface area contributed by atoms with Gasteiger partial charge in [-0.05, 0) is 48.2 Å². The van der Waals surface area contributed by atoms with Crippen molar-refractivity contribution in [2.24, 2.45) is 0 Å². The van der Waals surface area contributed by atoms with E-state index in [0.29, 0.717) is 29.1 Å². The number of carbonyl (C=O) groups excluding carboxylic acids is 3. The standard InChI is InChI=1S/C30H31N3O3S/c34-27-21-37-30(33(27)20-22-10-4-3-5-11-22)24-16-14-23(15-17-24)28(35)31-26-13-7-6-12-25(26)29(36)32-18-8-1-2-9-19-32/h3-7,10-17,30H,1-2,8-9,18-21H2,(H,31,35)/t30-/m1/s1. The molecule has 0 saturated carbocycles. The lowest BCUT2D eigenvalue weighted by atomic mass is 10.1. The summed E-state index contributed by atoms with van der Waals surface area (Å²) in [6.07, 6.45) is 4.33. The molecule has 3 aromatic carbocycles. The first kappa shape index (κ1) is 25.1. The molecule has 37 heavy (non-hydrogen) atoms. The molecule has 6 nitrogen and oxygen atoms in total. The van der Waals surface area contributed by atoms with Crippen molar-refractivity contribution in [2.45, 2.75) is 37.6 Å². The second-order valence-corrected chi connectivity index (χ2v) is 10.6. The van der Waals surface area contributed by atoms with Crippen LogP contribution in [0.15, 0.2) is 78.9 Å². The molecule has 2 aliphatic rings. The first-order valence-electron chi connectivity index (χ1n) is 12.8. The zero-order valence-corrected chi connectivity index (χ0v) is 21.6. The molecular weight excluding hydrogens is 482 g/mol. The van der Waals surface area contributed by atoms with Gasteiger partial charge in [-0.15, -0.1) is 11.8 Å². The third-order valence-electron chi connectivity index (χ3n) is 6.92. The van der Waals surface area contributed by atoms with Crippen molar-refractivity contribution in [3.05, 3.63) is 101 Å². The number of anilines is 1. The molecule has 7 heteroatoms. The highest BCUT2D eigenvalue weighted by molar-refractivity contribution is 8.00. The number of rotatable bonds is 6. The van der Waals surface area contributed by atoms with Crippen LogP contribution in [-0.4, -0.2) is 46.4 Å². The first-order chi connectivity index (χ1) is 18.1. The monoisotopic (exact) mass is 513 g/mol. The molecule has 2 fully saturated rings. The molecule has 0 spiro atoms. The van der Waals surface area contributed by atoms with Crippen LogP contribution in [0.2, 0.25) is 0 Å². The molecule has 0 aliphatic carbocycles. The number of hydrogen-bond donors (Lipinski definition) is 1. The van der Waals surface area contributed by atoms with Crippen LogP contribution in [0, 0.1) is 0 Å². The Morgan fingerprint density at radius 1 is 0.838 bits per heavy atom. The molecule has 190 valence electrons. The zero-order chi connectivity index (χ0) is 25.6. The number of thioether (sulfide) groups is 1. The van der Waals surface area contributed by atoms with Crippen molar-refractivity contribution in [1.29, 1.82) is 0 Å². The van der Waals surface area contributed by atoms with Crippen LogP contribution in [0.3, 0.4) is 0 Å². The Morgan fingerprint density at radius 3 is 2.24 bits per heavy atom. The molecule has 1 N–H and O–H groups in total. The van der Waals surface area contributed by atoms with Crippen molar-refractivity contribution < 1.29 is 14.4 Å². The van der Waals surface area contributed by atoms with Gasteiger partial charge in [0.1, 0.15) is 5.37 Å². The van der Waals surface area contributed by atoms with Gasteiger partial charge in [-0.3, -0.25) is 14.4 Å². The number of nitrogens with one attached hydrogen (secondary N) is 1. The van der Waals surface area contributed by atoms with Crippen LogP contribution < -0.4 is 5.32 Å². The Kier molecular flexibility index (Phi) is 7.90. The van der Waals surface area contributed by atoms with E-state index in [1.807, 2.05) is 64.4 Å². The molecule has 5 rings (SSSR count). The van der Waals surface area contributed by atoms with Gasteiger partial charge in [-0.25, -0.2) is 0 Å². The fraction of sp³-hybridized carbons (Fsp3) is 0.300. The summed E-state index contributed by atoms with van der Waals surface area (Å²) in [4.78, 5) is 42.7. The Labute approximate surface area is 222 Å². The normalized spacial score (nSPS) is 17.9. The Hall–Kier alpha value is -3.58. The molecule has 0 radical (unpaired) electrons. The zero-order valence-electron chi connectivity index (χ0n) is 20.8. The lowest BCUT2D eigenvalue weighted by Gasteiger charge is -2.24. The largest absolute Gasteiger partial charge is 0.339 e. The van der Waals surface area contributed by atoms with E-state index in [2.05, 4.69) is 5.32 Å². The van der Waals surface area contributed by atoms with Gasteiger partial charge in [0.05, 0.1) is 17.0 Å². The summed E-state index contributed by atoms with van der Waals surface area (Å²) in [5.41, 5.74) is 3.63. The molecule has 3 amide bonds. The maximum Gasteiger partial charge on any atom is 0.255 e. The summed E-state index contributed by atoms with van der Waals surface area (Å²) in [6, 6.07) is 24.6. The highest BCUT2D eigenvalue weighted by atomic mass is 32.2. The lowest BCUT2D eigenvalue weighted by molar-refractivity contribution is -0.128. The molecule has 1 atom stereocenters. The Morgan fingerprint density at radius 2 is 1.51 bits per heavy atom. The minimum Gasteiger partial charge on any atom is -0.339 e. The number of hydrogen-bond acceptors (Lipinski definition) is 4. The molecule has 2 saturated heterocycles. The number of likely N-dealkylation sites (tertiary alicyclic amines) is 1. The highest BCUT2D eigenvalue weighted by Crippen LogP contribution is 2.39. The molecule has 0 aromatic heterocycles. The topological polar surface area (TPSA) is 69.7 Å². The van der Waals surface area contributed by atoms with Gasteiger partial charge in [0, 0.05) is 25.2 Å². The highest BCUT2D eigenvalue weighted by Gasteiger charge is 2.32. The number of carbonyl (C=O) groups is 3. The van der Waals surface area contributed by atoms with Gasteiger partial charge < -0.3 is 15.1 Å². The van der Waals surface area contributed by atoms with Crippen molar-refractivity contribution in [2.75, 3.05) is 24.2 Å². The van der Waals surface area contributed by atoms with Crippen molar-refractivity contribution in [3.8, 4) is 0 Å². The van der Waals surface area contributed by atoms with E-state index >= 15 is 0 Å². The second kappa shape index (κ2) is 11.6. The Bertz CT molecular complexity index is 1250. The molecule has 2 aliphatic heterocycles. The number of para-hydroxylation sites is 1. The molecule has 2 heterocycles. The van der Waals surface area contributed by atoms with Crippen LogP contribution in [0.5, 0.6) is 0 Å². The van der Waals surface area contributed by atoms with Crippen molar-refractivity contribution in [3.63, 3.8) is 0 Å². The van der Waals surface area contributed by atoms with Crippen LogP contribution in [-0.2, 0) is 11.3 Å². The smallest absolute Gasteiger partial charge is 0.255 e. The summed E-state index contributed by atoms with van der Waals surface area (Å²) in [6.45, 7) is 2.07. The van der Waals surface area contributed by atoms with E-state index in [1.165, 1.54) is 0 Å². The van der Waals surface area contributed by atoms with Crippen LogP contribution >= 0.6 is 11.8 Å². The van der Waals surface area contributed by atoms with Crippen LogP contribution in [0.1, 0.15) is 62.9 Å². The minimum absolute atomic E-state index is 0.0328. The van der Waals surface area contributed by atoms with E-state index < -0.39 is 0 Å². The van der Waals surface area contributed by atoms with Gasteiger partial charge in [-0.1, -0.05) is 67.4 Å². The maximum atomic E-state index is 13.2. The third kappa shape index (κ3) is 5.88. The van der Waals surface area contributed by atoms with Gasteiger partial charge in [0.2, 0.25) is 5.91 Å². The lowest BCUT2D eigenvalue weighted by Crippen LogP contribution is -2.32. The average Bonchev–Trinajstić information content (AvgIpc) is 3.11. The van der Waals surface area contributed by atoms with E-state index in [9.17, 15) is 14.4 Å². The summed E-state index contributed by atoms with van der Waals surface area (Å²) in [7, 11) is 0. The summed E-state index contributed by atoms with van der Waals surface area (Å²) < 4.78 is 0. The van der Waals surface area contributed by atoms with Gasteiger partial charge in [-0.2, -0.15) is 0 Å². The van der Waals surface area contributed by atoms with Gasteiger partial charge in [0.25, 0.3) is 11.8 Å². The van der Waals surface area contributed by atoms with E-state index in [1.54, 1.807) is 36.0 Å². The maximum absolute atomic E-state index is 13.2. The quantitative estimate of drug-likeness (QED) is 0.457. The number of amides is 3. The first-order valence-corrected chi connectivity index (χ1v) is 13.9. The number of benzene rings is 3. The van der Waals surface area contributed by atoms with Crippen molar-refractivity contribution >= 4 is 35.2 Å². The van der Waals surface area contributed by atoms with Gasteiger partial charge >= 0.3 is 0 Å². The summed E-state index contributed by atoms with van der Waals surface area (Å²) in [5, 5.41) is 2.86. The molecular formula is C30H31N3O3S. The molecule has 0 unspecified atom stereocenters.